The zero-order chi connectivity index (χ0) is 13.8. The molecule has 2 rings (SSSR count). The van der Waals surface area contributed by atoms with E-state index in [1.807, 2.05) is 30.3 Å². The molecule has 0 aliphatic carbocycles. The van der Waals surface area contributed by atoms with E-state index in [-0.39, 0.29) is 11.6 Å². The molecular formula is C14H12N2O2S. The summed E-state index contributed by atoms with van der Waals surface area (Å²) in [5.74, 6) is -0.330. The second-order valence-corrected chi connectivity index (χ2v) is 4.97. The molecule has 0 radical (unpaired) electrons. The summed E-state index contributed by atoms with van der Waals surface area (Å²) in [7, 11) is 0. The molecule has 0 aliphatic heterocycles. The first kappa shape index (κ1) is 13.0. The first-order chi connectivity index (χ1) is 9.10. The van der Waals surface area contributed by atoms with Gasteiger partial charge in [-0.15, -0.1) is 11.3 Å². The molecule has 1 heterocycles. The van der Waals surface area contributed by atoms with Gasteiger partial charge in [0.05, 0.1) is 10.6 Å². The molecule has 19 heavy (non-hydrogen) atoms. The topological polar surface area (TPSA) is 72.2 Å². The number of thiophene rings is 1. The maximum Gasteiger partial charge on any atom is 0.265 e. The lowest BCUT2D eigenvalue weighted by Gasteiger charge is -2.00. The molecule has 0 saturated carbocycles. The predicted octanol–water partition coefficient (Wildman–Crippen LogP) is 2.44. The molecule has 0 atom stereocenters. The SMILES string of the molecule is C=C(C=O)NC(=O)c1ccc(-c2ccc(N)cc2)s1. The van der Waals surface area contributed by atoms with Crippen LogP contribution in [0.4, 0.5) is 5.69 Å². The van der Waals surface area contributed by atoms with E-state index in [1.54, 1.807) is 6.07 Å². The van der Waals surface area contributed by atoms with Crippen molar-refractivity contribution in [1.29, 1.82) is 0 Å². The average molecular weight is 272 g/mol. The fourth-order valence-corrected chi connectivity index (χ4v) is 2.41. The van der Waals surface area contributed by atoms with Crippen LogP contribution in [0.15, 0.2) is 48.7 Å². The van der Waals surface area contributed by atoms with E-state index in [1.165, 1.54) is 11.3 Å². The van der Waals surface area contributed by atoms with Crippen molar-refractivity contribution in [2.45, 2.75) is 0 Å². The maximum absolute atomic E-state index is 11.8. The van der Waals surface area contributed by atoms with Gasteiger partial charge in [-0.2, -0.15) is 0 Å². The number of nitrogens with one attached hydrogen (secondary N) is 1. The van der Waals surface area contributed by atoms with Crippen molar-refractivity contribution in [1.82, 2.24) is 5.32 Å². The fraction of sp³-hybridized carbons (Fsp3) is 0. The van der Waals surface area contributed by atoms with Crippen LogP contribution in [0.25, 0.3) is 10.4 Å². The minimum Gasteiger partial charge on any atom is -0.399 e. The molecule has 0 fully saturated rings. The Bertz CT molecular complexity index is 629. The Hall–Kier alpha value is -2.40. The highest BCUT2D eigenvalue weighted by atomic mass is 32.1. The van der Waals surface area contributed by atoms with Gasteiger partial charge in [0, 0.05) is 10.6 Å². The molecule has 4 nitrogen and oxygen atoms in total. The average Bonchev–Trinajstić information content (AvgIpc) is 2.89. The van der Waals surface area contributed by atoms with Gasteiger partial charge < -0.3 is 11.1 Å². The van der Waals surface area contributed by atoms with Crippen LogP contribution in [0.1, 0.15) is 9.67 Å². The van der Waals surface area contributed by atoms with E-state index in [4.69, 9.17) is 5.73 Å². The van der Waals surface area contributed by atoms with Crippen molar-refractivity contribution in [3.05, 3.63) is 53.6 Å². The summed E-state index contributed by atoms with van der Waals surface area (Å²) in [6.45, 7) is 3.40. The third kappa shape index (κ3) is 3.08. The number of hydrogen-bond acceptors (Lipinski definition) is 4. The Kier molecular flexibility index (Phi) is 3.77. The predicted molar refractivity (Wildman–Crippen MR) is 76.8 cm³/mol. The first-order valence-corrected chi connectivity index (χ1v) is 6.33. The van der Waals surface area contributed by atoms with Gasteiger partial charge >= 0.3 is 0 Å². The van der Waals surface area contributed by atoms with Crippen molar-refractivity contribution in [3.63, 3.8) is 0 Å². The van der Waals surface area contributed by atoms with Crippen LogP contribution in [0.2, 0.25) is 0 Å². The van der Waals surface area contributed by atoms with Crippen LogP contribution >= 0.6 is 11.3 Å². The van der Waals surface area contributed by atoms with E-state index in [9.17, 15) is 9.59 Å². The van der Waals surface area contributed by atoms with Crippen LogP contribution in [0.3, 0.4) is 0 Å². The highest BCUT2D eigenvalue weighted by Gasteiger charge is 2.10. The second-order valence-electron chi connectivity index (χ2n) is 3.88. The van der Waals surface area contributed by atoms with Crippen molar-refractivity contribution < 1.29 is 9.59 Å². The minimum atomic E-state index is -0.330. The van der Waals surface area contributed by atoms with Gasteiger partial charge in [0.15, 0.2) is 6.29 Å². The molecule has 96 valence electrons. The molecule has 0 aliphatic rings. The molecule has 2 aromatic rings. The van der Waals surface area contributed by atoms with Gasteiger partial charge in [-0.05, 0) is 29.8 Å². The zero-order valence-corrected chi connectivity index (χ0v) is 10.9. The van der Waals surface area contributed by atoms with E-state index in [2.05, 4.69) is 11.9 Å². The monoisotopic (exact) mass is 272 g/mol. The van der Waals surface area contributed by atoms with Crippen molar-refractivity contribution in [2.75, 3.05) is 5.73 Å². The number of benzene rings is 1. The van der Waals surface area contributed by atoms with Crippen LogP contribution in [0, 0.1) is 0 Å². The number of amides is 1. The normalized spacial score (nSPS) is 9.89. The summed E-state index contributed by atoms with van der Waals surface area (Å²) in [6.07, 6.45) is 0.506. The largest absolute Gasteiger partial charge is 0.399 e. The van der Waals surface area contributed by atoms with Crippen molar-refractivity contribution in [3.8, 4) is 10.4 Å². The lowest BCUT2D eigenvalue weighted by atomic mass is 10.2. The summed E-state index contributed by atoms with van der Waals surface area (Å²) >= 11 is 1.34. The maximum atomic E-state index is 11.8. The summed E-state index contributed by atoms with van der Waals surface area (Å²) < 4.78 is 0. The third-order valence-electron chi connectivity index (χ3n) is 2.44. The second kappa shape index (κ2) is 5.49. The lowest BCUT2D eigenvalue weighted by molar-refractivity contribution is -0.105. The zero-order valence-electron chi connectivity index (χ0n) is 10.1. The molecule has 0 unspecified atom stereocenters. The standard InChI is InChI=1S/C14H12N2O2S/c1-9(8-17)16-14(18)13-7-6-12(19-13)10-2-4-11(15)5-3-10/h2-8H,1,15H2,(H,16,18). The van der Waals surface area contributed by atoms with E-state index in [0.29, 0.717) is 16.9 Å². The summed E-state index contributed by atoms with van der Waals surface area (Å²) in [6, 6.07) is 11.0. The minimum absolute atomic E-state index is 0.0486. The van der Waals surface area contributed by atoms with Crippen molar-refractivity contribution >= 4 is 29.2 Å². The van der Waals surface area contributed by atoms with Crippen LogP contribution in [-0.2, 0) is 4.79 Å². The van der Waals surface area contributed by atoms with Gasteiger partial charge in [-0.25, -0.2) is 0 Å². The number of nitrogens with two attached hydrogens (primary N) is 1. The Morgan fingerprint density at radius 1 is 1.21 bits per heavy atom. The highest BCUT2D eigenvalue weighted by Crippen LogP contribution is 2.28. The summed E-state index contributed by atoms with van der Waals surface area (Å²) in [4.78, 5) is 23.7. The highest BCUT2D eigenvalue weighted by molar-refractivity contribution is 7.17. The number of allylic oxidation sites excluding steroid dienone is 1. The molecule has 0 spiro atoms. The third-order valence-corrected chi connectivity index (χ3v) is 3.57. The van der Waals surface area contributed by atoms with Gasteiger partial charge in [0.25, 0.3) is 5.91 Å². The summed E-state index contributed by atoms with van der Waals surface area (Å²) in [5.41, 5.74) is 7.36. The Labute approximate surface area is 114 Å². The lowest BCUT2D eigenvalue weighted by Crippen LogP contribution is -2.21. The molecular weight excluding hydrogens is 260 g/mol. The number of rotatable bonds is 4. The fourth-order valence-electron chi connectivity index (χ4n) is 1.50. The molecule has 1 aromatic heterocycles. The van der Waals surface area contributed by atoms with Gasteiger partial charge in [-0.1, -0.05) is 18.7 Å². The Morgan fingerprint density at radius 3 is 2.53 bits per heavy atom. The summed E-state index contributed by atoms with van der Waals surface area (Å²) in [5, 5.41) is 2.41. The van der Waals surface area contributed by atoms with Crippen molar-refractivity contribution in [2.24, 2.45) is 0 Å². The molecule has 0 saturated heterocycles. The van der Waals surface area contributed by atoms with E-state index >= 15 is 0 Å². The number of carbonyl (C=O) groups is 2. The molecule has 1 aromatic carbocycles. The Balaban J connectivity index is 2.19. The van der Waals surface area contributed by atoms with E-state index < -0.39 is 0 Å². The Morgan fingerprint density at radius 2 is 1.89 bits per heavy atom. The van der Waals surface area contributed by atoms with Gasteiger partial charge in [0.1, 0.15) is 0 Å². The number of carbonyl (C=O) groups excluding carboxylic acids is 2. The number of aldehydes is 1. The van der Waals surface area contributed by atoms with Crippen LogP contribution in [-0.4, -0.2) is 12.2 Å². The number of anilines is 1. The quantitative estimate of drug-likeness (QED) is 0.510. The first-order valence-electron chi connectivity index (χ1n) is 5.51. The molecule has 5 heteroatoms. The molecule has 0 bridgehead atoms. The smallest absolute Gasteiger partial charge is 0.265 e. The van der Waals surface area contributed by atoms with Crippen LogP contribution < -0.4 is 11.1 Å². The van der Waals surface area contributed by atoms with Gasteiger partial charge in [-0.3, -0.25) is 9.59 Å². The molecule has 3 N–H and O–H groups in total. The molecule has 1 amide bonds. The van der Waals surface area contributed by atoms with E-state index in [0.717, 1.165) is 10.4 Å². The van der Waals surface area contributed by atoms with Crippen LogP contribution in [0.5, 0.6) is 0 Å². The van der Waals surface area contributed by atoms with Gasteiger partial charge in [0.2, 0.25) is 0 Å². The number of hydrogen-bond donors (Lipinski definition) is 2. The number of nitrogen functional groups attached to an aromatic ring is 1.